The second kappa shape index (κ2) is 3.04. The molecule has 0 spiro atoms. The first kappa shape index (κ1) is 5.83. The Bertz CT molecular complexity index is 64.3. The summed E-state index contributed by atoms with van der Waals surface area (Å²) in [5.74, 6) is 0. The van der Waals surface area contributed by atoms with Crippen LogP contribution in [0.25, 0.3) is 0 Å². The molecule has 6 heavy (non-hydrogen) atoms. The van der Waals surface area contributed by atoms with E-state index in [4.69, 9.17) is 0 Å². The van der Waals surface area contributed by atoms with Gasteiger partial charge in [-0.25, -0.2) is 0 Å². The molecular weight excluding hydrogens is 92.1 g/mol. The van der Waals surface area contributed by atoms with Crippen LogP contribution in [0.4, 0.5) is 0 Å². The highest BCUT2D eigenvalue weighted by Gasteiger charge is 1.74. The van der Waals surface area contributed by atoms with Crippen molar-refractivity contribution < 1.29 is 0 Å². The predicted molar refractivity (Wildman–Crippen MR) is 33.1 cm³/mol. The average molecular weight is 100 g/mol. The third kappa shape index (κ3) is 2.09. The third-order valence-electron chi connectivity index (χ3n) is 0.621. The molecule has 0 heterocycles. The normalized spacial score (nSPS) is 7.50. The van der Waals surface area contributed by atoms with Crippen LogP contribution in [0.3, 0.4) is 0 Å². The minimum atomic E-state index is 0.976. The van der Waals surface area contributed by atoms with Gasteiger partial charge in [-0.2, -0.15) is 0 Å². The van der Waals surface area contributed by atoms with E-state index in [0.29, 0.717) is 0 Å². The fourth-order valence-corrected chi connectivity index (χ4v) is 0.250. The summed E-state index contributed by atoms with van der Waals surface area (Å²) in [6.45, 7) is 5.66. The zero-order chi connectivity index (χ0) is 4.99. The standard InChI is InChI=1S/C5H8S/c1-3-5(2)4-6/h4H,2-3H2,1H3. The Morgan fingerprint density at radius 3 is 2.50 bits per heavy atom. The molecule has 0 aromatic rings. The van der Waals surface area contributed by atoms with Gasteiger partial charge in [-0.05, 0) is 12.0 Å². The SMILES string of the molecule is C=C(C=S)CC. The lowest BCUT2D eigenvalue weighted by Gasteiger charge is -1.81. The second-order valence-electron chi connectivity index (χ2n) is 1.13. The van der Waals surface area contributed by atoms with Gasteiger partial charge >= 0.3 is 0 Å². The van der Waals surface area contributed by atoms with Crippen molar-refractivity contribution in [2.45, 2.75) is 13.3 Å². The maximum absolute atomic E-state index is 4.55. The molecule has 0 rings (SSSR count). The van der Waals surface area contributed by atoms with E-state index in [1.54, 1.807) is 5.37 Å². The van der Waals surface area contributed by atoms with E-state index >= 15 is 0 Å². The number of thiocarbonyl (C=S) groups is 1. The summed E-state index contributed by atoms with van der Waals surface area (Å²) in [5.41, 5.74) is 1.03. The Hall–Kier alpha value is -0.170. The van der Waals surface area contributed by atoms with Crippen LogP contribution in [0.5, 0.6) is 0 Å². The molecule has 0 atom stereocenters. The molecule has 0 aromatic heterocycles. The first-order chi connectivity index (χ1) is 2.81. The monoisotopic (exact) mass is 100 g/mol. The summed E-state index contributed by atoms with van der Waals surface area (Å²) < 4.78 is 0. The van der Waals surface area contributed by atoms with E-state index < -0.39 is 0 Å². The minimum Gasteiger partial charge on any atom is -0.0950 e. The molecule has 34 valence electrons. The molecule has 0 saturated carbocycles. The second-order valence-corrected chi connectivity index (χ2v) is 1.37. The molecule has 0 aliphatic rings. The highest BCUT2D eigenvalue weighted by atomic mass is 32.1. The number of hydrogen-bond donors (Lipinski definition) is 0. The molecule has 0 unspecified atom stereocenters. The van der Waals surface area contributed by atoms with Crippen molar-refractivity contribution in [3.05, 3.63) is 12.2 Å². The van der Waals surface area contributed by atoms with Gasteiger partial charge in [0.2, 0.25) is 0 Å². The van der Waals surface area contributed by atoms with Crippen molar-refractivity contribution >= 4 is 17.6 Å². The Labute approximate surface area is 43.9 Å². The summed E-state index contributed by atoms with van der Waals surface area (Å²) in [5, 5.41) is 1.61. The molecule has 0 amide bonds. The van der Waals surface area contributed by atoms with Crippen LogP contribution in [0.15, 0.2) is 12.2 Å². The zero-order valence-corrected chi connectivity index (χ0v) is 4.72. The van der Waals surface area contributed by atoms with Crippen molar-refractivity contribution in [2.24, 2.45) is 0 Å². The largest absolute Gasteiger partial charge is 0.0950 e. The molecule has 0 nitrogen and oxygen atoms in total. The smallest absolute Gasteiger partial charge is 0.00396 e. The maximum atomic E-state index is 4.55. The summed E-state index contributed by atoms with van der Waals surface area (Å²) in [6.07, 6.45) is 0.976. The topological polar surface area (TPSA) is 0 Å². The average Bonchev–Trinajstić information content (AvgIpc) is 1.65. The highest BCUT2D eigenvalue weighted by molar-refractivity contribution is 7.79. The molecule has 1 heteroatoms. The van der Waals surface area contributed by atoms with E-state index in [1.165, 1.54) is 0 Å². The van der Waals surface area contributed by atoms with Crippen molar-refractivity contribution in [2.75, 3.05) is 0 Å². The lowest BCUT2D eigenvalue weighted by molar-refractivity contribution is 1.19. The summed E-state index contributed by atoms with van der Waals surface area (Å²) in [7, 11) is 0. The van der Waals surface area contributed by atoms with E-state index in [-0.39, 0.29) is 0 Å². The van der Waals surface area contributed by atoms with Gasteiger partial charge < -0.3 is 0 Å². The number of allylic oxidation sites excluding steroid dienone is 1. The number of rotatable bonds is 2. The zero-order valence-electron chi connectivity index (χ0n) is 3.90. The van der Waals surface area contributed by atoms with E-state index in [1.807, 2.05) is 6.92 Å². The summed E-state index contributed by atoms with van der Waals surface area (Å²) in [4.78, 5) is 0. The lowest BCUT2D eigenvalue weighted by atomic mass is 10.3. The Kier molecular flexibility index (Phi) is 2.95. The van der Waals surface area contributed by atoms with Crippen LogP contribution < -0.4 is 0 Å². The van der Waals surface area contributed by atoms with Gasteiger partial charge in [0.05, 0.1) is 0 Å². The first-order valence-electron chi connectivity index (χ1n) is 1.94. The van der Waals surface area contributed by atoms with Gasteiger partial charge in [0.15, 0.2) is 0 Å². The van der Waals surface area contributed by atoms with Gasteiger partial charge in [0, 0.05) is 5.37 Å². The van der Waals surface area contributed by atoms with Crippen molar-refractivity contribution in [1.82, 2.24) is 0 Å². The quantitative estimate of drug-likeness (QED) is 0.377. The fourth-order valence-electron chi connectivity index (χ4n) is 0.0833. The van der Waals surface area contributed by atoms with E-state index in [0.717, 1.165) is 12.0 Å². The van der Waals surface area contributed by atoms with Crippen LogP contribution in [0, 0.1) is 0 Å². The lowest BCUT2D eigenvalue weighted by Crippen LogP contribution is -1.70. The summed E-state index contributed by atoms with van der Waals surface area (Å²) >= 11 is 4.55. The van der Waals surface area contributed by atoms with Crippen molar-refractivity contribution in [1.29, 1.82) is 0 Å². The van der Waals surface area contributed by atoms with Crippen LogP contribution in [-0.2, 0) is 0 Å². The highest BCUT2D eigenvalue weighted by Crippen LogP contribution is 1.88. The van der Waals surface area contributed by atoms with Crippen LogP contribution in [0.1, 0.15) is 13.3 Å². The molecule has 0 saturated heterocycles. The predicted octanol–water partition coefficient (Wildman–Crippen LogP) is 1.95. The fraction of sp³-hybridized carbons (Fsp3) is 0.400. The van der Waals surface area contributed by atoms with Crippen molar-refractivity contribution in [3.63, 3.8) is 0 Å². The molecule has 0 radical (unpaired) electrons. The molecule has 0 bridgehead atoms. The van der Waals surface area contributed by atoms with Gasteiger partial charge in [-0.3, -0.25) is 0 Å². The molecular formula is C5H8S. The molecule has 0 fully saturated rings. The first-order valence-corrected chi connectivity index (χ1v) is 2.41. The Morgan fingerprint density at radius 1 is 2.00 bits per heavy atom. The third-order valence-corrected chi connectivity index (χ3v) is 0.954. The van der Waals surface area contributed by atoms with E-state index in [2.05, 4.69) is 18.8 Å². The van der Waals surface area contributed by atoms with Gasteiger partial charge in [-0.15, -0.1) is 0 Å². The molecule has 0 aliphatic heterocycles. The van der Waals surface area contributed by atoms with Crippen LogP contribution in [0.2, 0.25) is 0 Å². The Balaban J connectivity index is 3.23. The van der Waals surface area contributed by atoms with Crippen LogP contribution in [-0.4, -0.2) is 5.37 Å². The Morgan fingerprint density at radius 2 is 2.50 bits per heavy atom. The van der Waals surface area contributed by atoms with Gasteiger partial charge in [0.1, 0.15) is 0 Å². The van der Waals surface area contributed by atoms with E-state index in [9.17, 15) is 0 Å². The maximum Gasteiger partial charge on any atom is 0.00396 e. The van der Waals surface area contributed by atoms with Gasteiger partial charge in [0.25, 0.3) is 0 Å². The minimum absolute atomic E-state index is 0.976. The van der Waals surface area contributed by atoms with Gasteiger partial charge in [-0.1, -0.05) is 25.7 Å². The molecule has 0 aliphatic carbocycles. The summed E-state index contributed by atoms with van der Waals surface area (Å²) in [6, 6.07) is 0. The molecule has 0 N–H and O–H groups in total. The number of hydrogen-bond acceptors (Lipinski definition) is 1. The molecule has 0 aromatic carbocycles. The van der Waals surface area contributed by atoms with Crippen molar-refractivity contribution in [3.8, 4) is 0 Å². The van der Waals surface area contributed by atoms with Crippen LogP contribution >= 0.6 is 12.2 Å².